The van der Waals surface area contributed by atoms with Gasteiger partial charge in [-0.05, 0) is 6.92 Å². The molecule has 0 aliphatic rings. The number of carbonyl (C=O) groups excluding carboxylic acids is 1. The molecule has 0 aliphatic carbocycles. The third-order valence-electron chi connectivity index (χ3n) is 2.42. The van der Waals surface area contributed by atoms with E-state index in [1.54, 1.807) is 0 Å². The van der Waals surface area contributed by atoms with Gasteiger partial charge in [-0.15, -0.1) is 0 Å². The van der Waals surface area contributed by atoms with Crippen molar-refractivity contribution in [3.63, 3.8) is 0 Å². The lowest BCUT2D eigenvalue weighted by molar-refractivity contribution is -0.0838. The first-order chi connectivity index (χ1) is 8.01. The summed E-state index contributed by atoms with van der Waals surface area (Å²) in [4.78, 5) is 23.0. The van der Waals surface area contributed by atoms with Crippen molar-refractivity contribution in [1.29, 1.82) is 0 Å². The summed E-state index contributed by atoms with van der Waals surface area (Å²) in [5.74, 6) is -0.622. The normalized spacial score (nSPS) is 12.2. The Morgan fingerprint density at radius 1 is 1.53 bits per heavy atom. The Kier molecular flexibility index (Phi) is 4.42. The topological polar surface area (TPSA) is 77.8 Å². The van der Waals surface area contributed by atoms with E-state index in [0.717, 1.165) is 0 Å². The van der Waals surface area contributed by atoms with E-state index in [2.05, 4.69) is 4.74 Å². The van der Waals surface area contributed by atoms with Gasteiger partial charge in [0.05, 0.1) is 13.7 Å². The largest absolute Gasteiger partial charge is 0.464 e. The zero-order valence-electron chi connectivity index (χ0n) is 9.97. The highest BCUT2D eigenvalue weighted by atomic mass is 16.6. The predicted molar refractivity (Wildman–Crippen MR) is 59.8 cm³/mol. The van der Waals surface area contributed by atoms with Gasteiger partial charge in [0.15, 0.2) is 11.7 Å². The van der Waals surface area contributed by atoms with Gasteiger partial charge in [-0.2, -0.15) is 0 Å². The van der Waals surface area contributed by atoms with Crippen molar-refractivity contribution in [3.05, 3.63) is 33.7 Å². The van der Waals surface area contributed by atoms with Crippen molar-refractivity contribution >= 4 is 5.97 Å². The van der Waals surface area contributed by atoms with Crippen LogP contribution in [-0.2, 0) is 16.0 Å². The molecule has 0 fully saturated rings. The molecule has 1 unspecified atom stereocenters. The molecule has 1 atom stereocenters. The summed E-state index contributed by atoms with van der Waals surface area (Å²) in [5.41, 5.74) is 0.146. The molecular formula is C11H15NO5. The lowest BCUT2D eigenvalue weighted by Gasteiger charge is -2.16. The minimum absolute atomic E-state index is 0.0437. The minimum atomic E-state index is -1.06. The SMILES string of the molecule is COC(=O)c1c(C)c(=O)ccn1CC(O)OC. The van der Waals surface area contributed by atoms with Crippen molar-refractivity contribution in [2.75, 3.05) is 14.2 Å². The molecule has 1 rings (SSSR count). The number of pyridine rings is 1. The summed E-state index contributed by atoms with van der Waals surface area (Å²) in [6.07, 6.45) is 0.365. The zero-order chi connectivity index (χ0) is 13.0. The minimum Gasteiger partial charge on any atom is -0.464 e. The van der Waals surface area contributed by atoms with Crippen molar-refractivity contribution in [3.8, 4) is 0 Å². The molecular weight excluding hydrogens is 226 g/mol. The summed E-state index contributed by atoms with van der Waals surface area (Å²) in [6, 6.07) is 1.32. The highest BCUT2D eigenvalue weighted by Crippen LogP contribution is 2.07. The molecule has 0 saturated heterocycles. The van der Waals surface area contributed by atoms with Gasteiger partial charge < -0.3 is 19.1 Å². The fourth-order valence-electron chi connectivity index (χ4n) is 1.45. The van der Waals surface area contributed by atoms with Crippen LogP contribution in [0, 0.1) is 6.92 Å². The van der Waals surface area contributed by atoms with Crippen LogP contribution < -0.4 is 5.43 Å². The van der Waals surface area contributed by atoms with Gasteiger partial charge in [0.1, 0.15) is 5.69 Å². The third-order valence-corrected chi connectivity index (χ3v) is 2.42. The van der Waals surface area contributed by atoms with E-state index in [0.29, 0.717) is 0 Å². The molecule has 0 bridgehead atoms. The van der Waals surface area contributed by atoms with Crippen LogP contribution in [0.2, 0.25) is 0 Å². The lowest BCUT2D eigenvalue weighted by Crippen LogP contribution is -2.26. The first-order valence-electron chi connectivity index (χ1n) is 5.00. The number of aliphatic hydroxyl groups excluding tert-OH is 1. The number of hydrogen-bond acceptors (Lipinski definition) is 5. The van der Waals surface area contributed by atoms with E-state index < -0.39 is 12.3 Å². The molecule has 1 aromatic rings. The Hall–Kier alpha value is -1.66. The molecule has 0 aromatic carbocycles. The molecule has 6 nitrogen and oxygen atoms in total. The summed E-state index contributed by atoms with van der Waals surface area (Å²) in [5, 5.41) is 9.38. The number of rotatable bonds is 4. The van der Waals surface area contributed by atoms with Crippen LogP contribution in [0.3, 0.4) is 0 Å². The number of esters is 1. The maximum atomic E-state index is 11.6. The Balaban J connectivity index is 3.25. The summed E-state index contributed by atoms with van der Waals surface area (Å²) >= 11 is 0. The number of ether oxygens (including phenoxy) is 2. The molecule has 6 heteroatoms. The highest BCUT2D eigenvalue weighted by molar-refractivity contribution is 5.89. The second-order valence-corrected chi connectivity index (χ2v) is 3.49. The average molecular weight is 241 g/mol. The predicted octanol–water partition coefficient (Wildman–Crippen LogP) is -0.0919. The Labute approximate surface area is 98.4 Å². The number of methoxy groups -OCH3 is 2. The van der Waals surface area contributed by atoms with Crippen LogP contribution >= 0.6 is 0 Å². The quantitative estimate of drug-likeness (QED) is 0.588. The van der Waals surface area contributed by atoms with Gasteiger partial charge >= 0.3 is 5.97 Å². The number of aromatic nitrogens is 1. The fourth-order valence-corrected chi connectivity index (χ4v) is 1.45. The first-order valence-corrected chi connectivity index (χ1v) is 5.00. The molecule has 0 spiro atoms. The average Bonchev–Trinajstić information content (AvgIpc) is 2.33. The molecule has 0 radical (unpaired) electrons. The van der Waals surface area contributed by atoms with Crippen LogP contribution in [0.15, 0.2) is 17.1 Å². The van der Waals surface area contributed by atoms with Crippen LogP contribution in [0.4, 0.5) is 0 Å². The van der Waals surface area contributed by atoms with E-state index in [4.69, 9.17) is 4.74 Å². The molecule has 1 aromatic heterocycles. The number of carbonyl (C=O) groups is 1. The number of hydrogen-bond donors (Lipinski definition) is 1. The monoisotopic (exact) mass is 241 g/mol. The summed E-state index contributed by atoms with van der Waals surface area (Å²) < 4.78 is 10.7. The van der Waals surface area contributed by atoms with Gasteiger partial charge in [0.25, 0.3) is 0 Å². The lowest BCUT2D eigenvalue weighted by atomic mass is 10.2. The van der Waals surface area contributed by atoms with Crippen molar-refractivity contribution < 1.29 is 19.4 Å². The first kappa shape index (κ1) is 13.4. The maximum Gasteiger partial charge on any atom is 0.355 e. The van der Waals surface area contributed by atoms with E-state index in [-0.39, 0.29) is 23.2 Å². The van der Waals surface area contributed by atoms with Gasteiger partial charge in [0.2, 0.25) is 0 Å². The molecule has 0 aliphatic heterocycles. The summed E-state index contributed by atoms with van der Waals surface area (Å²) in [6.45, 7) is 1.58. The standard InChI is InChI=1S/C11H15NO5/c1-7-8(13)4-5-12(6-9(14)16-2)10(7)11(15)17-3/h4-5,9,14H,6H2,1-3H3. The highest BCUT2D eigenvalue weighted by Gasteiger charge is 2.17. The van der Waals surface area contributed by atoms with Crippen molar-refractivity contribution in [2.24, 2.45) is 0 Å². The molecule has 0 saturated carbocycles. The number of aliphatic hydroxyl groups is 1. The van der Waals surface area contributed by atoms with Crippen LogP contribution in [0.25, 0.3) is 0 Å². The van der Waals surface area contributed by atoms with Crippen LogP contribution in [0.1, 0.15) is 16.1 Å². The molecule has 0 amide bonds. The van der Waals surface area contributed by atoms with Gasteiger partial charge in [-0.3, -0.25) is 4.79 Å². The van der Waals surface area contributed by atoms with E-state index in [1.165, 1.54) is 38.0 Å². The Morgan fingerprint density at radius 2 is 2.18 bits per heavy atom. The van der Waals surface area contributed by atoms with Gasteiger partial charge in [-0.25, -0.2) is 4.79 Å². The molecule has 94 valence electrons. The zero-order valence-corrected chi connectivity index (χ0v) is 9.97. The van der Waals surface area contributed by atoms with Crippen molar-refractivity contribution in [2.45, 2.75) is 19.8 Å². The second kappa shape index (κ2) is 5.60. The number of nitrogens with zero attached hydrogens (tertiary/aromatic N) is 1. The molecule has 17 heavy (non-hydrogen) atoms. The van der Waals surface area contributed by atoms with Gasteiger partial charge in [-0.1, -0.05) is 0 Å². The Bertz CT molecular complexity index is 465. The fraction of sp³-hybridized carbons (Fsp3) is 0.455. The Morgan fingerprint density at radius 3 is 2.71 bits per heavy atom. The van der Waals surface area contributed by atoms with Crippen LogP contribution in [0.5, 0.6) is 0 Å². The molecule has 1 heterocycles. The summed E-state index contributed by atoms with van der Waals surface area (Å²) in [7, 11) is 2.58. The van der Waals surface area contributed by atoms with E-state index >= 15 is 0 Å². The second-order valence-electron chi connectivity index (χ2n) is 3.49. The maximum absolute atomic E-state index is 11.6. The molecule has 1 N–H and O–H groups in total. The van der Waals surface area contributed by atoms with E-state index in [9.17, 15) is 14.7 Å². The van der Waals surface area contributed by atoms with Crippen molar-refractivity contribution in [1.82, 2.24) is 4.57 Å². The van der Waals surface area contributed by atoms with Gasteiger partial charge in [0, 0.05) is 24.9 Å². The van der Waals surface area contributed by atoms with Crippen LogP contribution in [-0.4, -0.2) is 36.2 Å². The van der Waals surface area contributed by atoms with E-state index in [1.807, 2.05) is 0 Å². The third kappa shape index (κ3) is 2.92. The smallest absolute Gasteiger partial charge is 0.355 e.